The highest BCUT2D eigenvalue weighted by Gasteiger charge is 2.64. The van der Waals surface area contributed by atoms with Crippen molar-refractivity contribution in [3.05, 3.63) is 52.6 Å². The summed E-state index contributed by atoms with van der Waals surface area (Å²) in [5.74, 6) is 1.02. The third kappa shape index (κ3) is 3.43. The van der Waals surface area contributed by atoms with Gasteiger partial charge in [0, 0.05) is 35.3 Å². The van der Waals surface area contributed by atoms with Crippen LogP contribution >= 0.6 is 11.6 Å². The van der Waals surface area contributed by atoms with Crippen LogP contribution in [0, 0.1) is 29.1 Å². The van der Waals surface area contributed by atoms with Crippen molar-refractivity contribution in [2.75, 3.05) is 0 Å². The molecule has 1 fully saturated rings. The Kier molecular flexibility index (Phi) is 5.07. The number of nitriles is 1. The highest BCUT2D eigenvalue weighted by molar-refractivity contribution is 6.31. The van der Waals surface area contributed by atoms with Crippen LogP contribution in [0.5, 0.6) is 5.75 Å². The van der Waals surface area contributed by atoms with Crippen LogP contribution in [-0.4, -0.2) is 28.0 Å². The first-order valence-corrected chi connectivity index (χ1v) is 9.41. The lowest BCUT2D eigenvalue weighted by molar-refractivity contribution is -0.164. The van der Waals surface area contributed by atoms with Gasteiger partial charge in [0.05, 0.1) is 16.1 Å². The van der Waals surface area contributed by atoms with E-state index in [9.17, 15) is 4.79 Å². The lowest BCUT2D eigenvalue weighted by Gasteiger charge is -2.63. The smallest absolute Gasteiger partial charge is 0.254 e. The molecular weight excluding hydrogens is 376 g/mol. The van der Waals surface area contributed by atoms with E-state index < -0.39 is 0 Å². The Labute approximate surface area is 169 Å². The molecule has 1 aromatic heterocycles. The molecular formula is C21H23ClN4O2. The van der Waals surface area contributed by atoms with Gasteiger partial charge in [-0.3, -0.25) is 4.79 Å². The van der Waals surface area contributed by atoms with Gasteiger partial charge in [0.2, 0.25) is 0 Å². The van der Waals surface area contributed by atoms with Crippen molar-refractivity contribution < 1.29 is 9.53 Å². The van der Waals surface area contributed by atoms with Gasteiger partial charge < -0.3 is 10.1 Å². The van der Waals surface area contributed by atoms with Crippen LogP contribution in [0.2, 0.25) is 5.02 Å². The number of aromatic nitrogens is 2. The molecule has 1 heterocycles. The van der Waals surface area contributed by atoms with Crippen molar-refractivity contribution in [1.29, 1.82) is 5.26 Å². The summed E-state index contributed by atoms with van der Waals surface area (Å²) in [7, 11) is 0. The molecule has 0 spiro atoms. The maximum absolute atomic E-state index is 12.6. The molecule has 1 aromatic carbocycles. The average molecular weight is 399 g/mol. The summed E-state index contributed by atoms with van der Waals surface area (Å²) in [6.45, 7) is 10.0. The molecule has 0 saturated heterocycles. The molecule has 7 heteroatoms. The SMILES string of the molecule is Cc1ncc(C(=O)N[C@H]2C(C)(C)[C@H](Oc3ccc(C#N)c(Cl)c3)C2(C)C)cn1. The quantitative estimate of drug-likeness (QED) is 0.843. The average Bonchev–Trinajstić information content (AvgIpc) is 2.64. The number of nitrogens with one attached hydrogen (secondary N) is 1. The highest BCUT2D eigenvalue weighted by atomic mass is 35.5. The number of benzene rings is 1. The minimum Gasteiger partial charge on any atom is -0.489 e. The fraction of sp³-hybridized carbons (Fsp3) is 0.429. The Bertz CT molecular complexity index is 932. The maximum Gasteiger partial charge on any atom is 0.254 e. The molecule has 28 heavy (non-hydrogen) atoms. The van der Waals surface area contributed by atoms with E-state index >= 15 is 0 Å². The van der Waals surface area contributed by atoms with Gasteiger partial charge in [-0.15, -0.1) is 0 Å². The Balaban J connectivity index is 1.76. The van der Waals surface area contributed by atoms with E-state index in [4.69, 9.17) is 21.6 Å². The Morgan fingerprint density at radius 1 is 1.21 bits per heavy atom. The molecule has 1 N–H and O–H groups in total. The van der Waals surface area contributed by atoms with Gasteiger partial charge in [0.1, 0.15) is 23.7 Å². The topological polar surface area (TPSA) is 87.9 Å². The van der Waals surface area contributed by atoms with Gasteiger partial charge in [-0.25, -0.2) is 9.97 Å². The van der Waals surface area contributed by atoms with Crippen LogP contribution < -0.4 is 10.1 Å². The van der Waals surface area contributed by atoms with Gasteiger partial charge in [-0.2, -0.15) is 5.26 Å². The standard InChI is InChI=1S/C21H23ClN4O2/c1-12-24-10-14(11-25-12)17(27)26-18-20(2,3)19(21(18,4)5)28-15-7-6-13(9-23)16(22)8-15/h6-8,10-11,18-19H,1-5H3,(H,26,27)/t18-,19-. The number of hydrogen-bond acceptors (Lipinski definition) is 5. The van der Waals surface area contributed by atoms with Gasteiger partial charge in [0.25, 0.3) is 5.91 Å². The Morgan fingerprint density at radius 3 is 2.36 bits per heavy atom. The first-order valence-electron chi connectivity index (χ1n) is 9.03. The summed E-state index contributed by atoms with van der Waals surface area (Å²) in [6, 6.07) is 6.98. The number of nitrogens with zero attached hydrogens (tertiary/aromatic N) is 3. The largest absolute Gasteiger partial charge is 0.489 e. The summed E-state index contributed by atoms with van der Waals surface area (Å²) in [5, 5.41) is 12.5. The highest BCUT2D eigenvalue weighted by Crippen LogP contribution is 2.55. The summed E-state index contributed by atoms with van der Waals surface area (Å²) in [6.07, 6.45) is 2.91. The lowest BCUT2D eigenvalue weighted by Crippen LogP contribution is -2.74. The number of amides is 1. The minimum absolute atomic E-state index is 0.104. The van der Waals surface area contributed by atoms with Crippen molar-refractivity contribution >= 4 is 17.5 Å². The first-order chi connectivity index (χ1) is 13.1. The van der Waals surface area contributed by atoms with Gasteiger partial charge >= 0.3 is 0 Å². The first kappa shape index (κ1) is 20.1. The molecule has 1 aliphatic rings. The fourth-order valence-corrected chi connectivity index (χ4v) is 4.53. The molecule has 6 nitrogen and oxygen atoms in total. The molecule has 0 atom stereocenters. The Morgan fingerprint density at radius 2 is 1.82 bits per heavy atom. The molecule has 3 rings (SSSR count). The van der Waals surface area contributed by atoms with E-state index in [2.05, 4.69) is 43.0 Å². The van der Waals surface area contributed by atoms with E-state index in [-0.39, 0.29) is 28.9 Å². The summed E-state index contributed by atoms with van der Waals surface area (Å²) >= 11 is 6.12. The predicted molar refractivity (Wildman–Crippen MR) is 106 cm³/mol. The molecule has 0 bridgehead atoms. The van der Waals surface area contributed by atoms with Crippen molar-refractivity contribution in [2.45, 2.75) is 46.8 Å². The number of halogens is 1. The second kappa shape index (κ2) is 7.06. The van der Waals surface area contributed by atoms with Crippen LogP contribution in [-0.2, 0) is 0 Å². The van der Waals surface area contributed by atoms with E-state index in [1.54, 1.807) is 25.1 Å². The predicted octanol–water partition coefficient (Wildman–Crippen LogP) is 3.92. The number of carbonyl (C=O) groups is 1. The molecule has 0 unspecified atom stereocenters. The summed E-state index contributed by atoms with van der Waals surface area (Å²) in [4.78, 5) is 20.8. The molecule has 0 radical (unpaired) electrons. The molecule has 1 saturated carbocycles. The second-order valence-corrected chi connectivity index (χ2v) is 8.73. The maximum atomic E-state index is 12.6. The number of aryl methyl sites for hydroxylation is 1. The van der Waals surface area contributed by atoms with Crippen molar-refractivity contribution in [2.24, 2.45) is 10.8 Å². The van der Waals surface area contributed by atoms with Gasteiger partial charge in [-0.05, 0) is 19.1 Å². The van der Waals surface area contributed by atoms with Crippen LogP contribution in [0.15, 0.2) is 30.6 Å². The fourth-order valence-electron chi connectivity index (χ4n) is 4.32. The summed E-state index contributed by atoms with van der Waals surface area (Å²) < 4.78 is 6.22. The third-order valence-electron chi connectivity index (χ3n) is 5.47. The number of carbonyl (C=O) groups excluding carboxylic acids is 1. The van der Waals surface area contributed by atoms with Crippen LogP contribution in [0.1, 0.15) is 49.4 Å². The minimum atomic E-state index is -0.314. The van der Waals surface area contributed by atoms with Crippen LogP contribution in [0.4, 0.5) is 0 Å². The monoisotopic (exact) mass is 398 g/mol. The molecule has 2 aromatic rings. The molecule has 1 amide bonds. The van der Waals surface area contributed by atoms with Crippen molar-refractivity contribution in [3.8, 4) is 11.8 Å². The van der Waals surface area contributed by atoms with Gasteiger partial charge in [-0.1, -0.05) is 39.3 Å². The summed E-state index contributed by atoms with van der Waals surface area (Å²) in [5.41, 5.74) is 0.211. The zero-order chi connectivity index (χ0) is 20.7. The second-order valence-electron chi connectivity index (χ2n) is 8.32. The molecule has 1 aliphatic carbocycles. The van der Waals surface area contributed by atoms with E-state index in [0.29, 0.717) is 27.7 Å². The Hall–Kier alpha value is -2.65. The zero-order valence-corrected chi connectivity index (χ0v) is 17.3. The van der Waals surface area contributed by atoms with Crippen LogP contribution in [0.25, 0.3) is 0 Å². The third-order valence-corrected chi connectivity index (χ3v) is 5.79. The zero-order valence-electron chi connectivity index (χ0n) is 16.6. The van der Waals surface area contributed by atoms with E-state index in [1.165, 1.54) is 12.4 Å². The van der Waals surface area contributed by atoms with Crippen molar-refractivity contribution in [1.82, 2.24) is 15.3 Å². The molecule has 146 valence electrons. The van der Waals surface area contributed by atoms with E-state index in [1.807, 2.05) is 6.07 Å². The number of rotatable bonds is 4. The molecule has 0 aliphatic heterocycles. The number of ether oxygens (including phenoxy) is 1. The van der Waals surface area contributed by atoms with Crippen LogP contribution in [0.3, 0.4) is 0 Å². The normalized spacial score (nSPS) is 21.9. The lowest BCUT2D eigenvalue weighted by atomic mass is 9.49. The number of hydrogen-bond donors (Lipinski definition) is 1. The van der Waals surface area contributed by atoms with Gasteiger partial charge in [0.15, 0.2) is 0 Å². The van der Waals surface area contributed by atoms with Crippen molar-refractivity contribution in [3.63, 3.8) is 0 Å². The van der Waals surface area contributed by atoms with E-state index in [0.717, 1.165) is 0 Å².